The summed E-state index contributed by atoms with van der Waals surface area (Å²) in [6.07, 6.45) is 6.03. The Balaban J connectivity index is 1.64. The summed E-state index contributed by atoms with van der Waals surface area (Å²) in [6.45, 7) is 0.696. The largest absolute Gasteiger partial charge is 0.463 e. The lowest BCUT2D eigenvalue weighted by molar-refractivity contribution is 0.575. The van der Waals surface area contributed by atoms with Crippen molar-refractivity contribution in [3.05, 3.63) is 94.6 Å². The minimum atomic E-state index is 0.696. The number of pyridine rings is 1. The Hall–Kier alpha value is -3.25. The van der Waals surface area contributed by atoms with Gasteiger partial charge in [-0.15, -0.1) is 11.3 Å². The number of hydrogen-bond donors (Lipinski definition) is 0. The van der Waals surface area contributed by atoms with Gasteiger partial charge in [0.05, 0.1) is 18.2 Å². The van der Waals surface area contributed by atoms with Crippen molar-refractivity contribution in [2.24, 2.45) is 10.1 Å². The van der Waals surface area contributed by atoms with E-state index >= 15 is 0 Å². The van der Waals surface area contributed by atoms with E-state index in [0.717, 1.165) is 28.4 Å². The molecule has 0 saturated heterocycles. The number of rotatable bonds is 6. The number of furan rings is 1. The molecule has 0 unspecified atom stereocenters. The van der Waals surface area contributed by atoms with Crippen LogP contribution < -0.4 is 4.80 Å². The highest BCUT2D eigenvalue weighted by Crippen LogP contribution is 2.20. The van der Waals surface area contributed by atoms with Gasteiger partial charge in [-0.1, -0.05) is 36.4 Å². The summed E-state index contributed by atoms with van der Waals surface area (Å²) in [7, 11) is 0. The zero-order valence-corrected chi connectivity index (χ0v) is 15.4. The van der Waals surface area contributed by atoms with E-state index in [1.807, 2.05) is 58.6 Å². The van der Waals surface area contributed by atoms with Crippen LogP contribution in [0.4, 0.5) is 0 Å². The molecule has 4 rings (SSSR count). The highest BCUT2D eigenvalue weighted by atomic mass is 32.1. The molecule has 134 valence electrons. The van der Waals surface area contributed by atoms with Gasteiger partial charge in [-0.25, -0.2) is 4.68 Å². The second-order valence-electron chi connectivity index (χ2n) is 5.81. The predicted octanol–water partition coefficient (Wildman–Crippen LogP) is 4.23. The molecule has 0 saturated carbocycles. The van der Waals surface area contributed by atoms with Crippen molar-refractivity contribution in [3.8, 4) is 11.5 Å². The summed E-state index contributed by atoms with van der Waals surface area (Å²) in [5, 5.41) is 6.61. The van der Waals surface area contributed by atoms with E-state index in [9.17, 15) is 0 Å². The monoisotopic (exact) mass is 374 g/mol. The Morgan fingerprint density at radius 3 is 2.70 bits per heavy atom. The van der Waals surface area contributed by atoms with E-state index in [2.05, 4.69) is 22.2 Å². The van der Waals surface area contributed by atoms with Crippen LogP contribution in [-0.4, -0.2) is 22.4 Å². The lowest BCUT2D eigenvalue weighted by Gasteiger charge is -2.01. The highest BCUT2D eigenvalue weighted by Gasteiger charge is 2.09. The molecule has 0 aliphatic rings. The molecule has 3 heterocycles. The summed E-state index contributed by atoms with van der Waals surface area (Å²) in [5.41, 5.74) is 2.93. The molecule has 0 bridgehead atoms. The molecule has 0 atom stereocenters. The summed E-state index contributed by atoms with van der Waals surface area (Å²) in [6, 6.07) is 19.9. The first kappa shape index (κ1) is 17.2. The van der Waals surface area contributed by atoms with Crippen LogP contribution in [0.15, 0.2) is 93.0 Å². The molecule has 0 spiro atoms. The van der Waals surface area contributed by atoms with Crippen LogP contribution in [0.5, 0.6) is 0 Å². The fourth-order valence-corrected chi connectivity index (χ4v) is 3.45. The van der Waals surface area contributed by atoms with E-state index in [1.54, 1.807) is 30.0 Å². The number of aromatic nitrogens is 2. The maximum atomic E-state index is 5.55. The molecule has 0 amide bonds. The summed E-state index contributed by atoms with van der Waals surface area (Å²) in [4.78, 5) is 9.86. The molecule has 6 heteroatoms. The van der Waals surface area contributed by atoms with Crippen molar-refractivity contribution in [3.63, 3.8) is 0 Å². The third-order valence-electron chi connectivity index (χ3n) is 3.94. The van der Waals surface area contributed by atoms with Gasteiger partial charge < -0.3 is 4.42 Å². The number of nitrogens with zero attached hydrogens (tertiary/aromatic N) is 4. The van der Waals surface area contributed by atoms with Crippen LogP contribution >= 0.6 is 11.3 Å². The Labute approximate surface area is 161 Å². The van der Waals surface area contributed by atoms with Gasteiger partial charge in [-0.2, -0.15) is 5.10 Å². The lowest BCUT2D eigenvalue weighted by Crippen LogP contribution is -2.13. The van der Waals surface area contributed by atoms with Crippen molar-refractivity contribution in [1.29, 1.82) is 0 Å². The van der Waals surface area contributed by atoms with Crippen molar-refractivity contribution in [2.75, 3.05) is 6.54 Å². The molecule has 5 nitrogen and oxygen atoms in total. The van der Waals surface area contributed by atoms with Gasteiger partial charge in [0.1, 0.15) is 5.69 Å². The summed E-state index contributed by atoms with van der Waals surface area (Å²) >= 11 is 1.55. The zero-order valence-electron chi connectivity index (χ0n) is 14.6. The average Bonchev–Trinajstić information content (AvgIpc) is 3.38. The van der Waals surface area contributed by atoms with Gasteiger partial charge in [0.15, 0.2) is 5.76 Å². The van der Waals surface area contributed by atoms with Crippen LogP contribution in [-0.2, 0) is 6.42 Å². The van der Waals surface area contributed by atoms with E-state index in [4.69, 9.17) is 9.41 Å². The smallest absolute Gasteiger partial charge is 0.206 e. The topological polar surface area (TPSA) is 55.7 Å². The fraction of sp³-hybridized carbons (Fsp3) is 0.0952. The van der Waals surface area contributed by atoms with Crippen molar-refractivity contribution in [2.45, 2.75) is 6.42 Å². The third kappa shape index (κ3) is 4.30. The maximum Gasteiger partial charge on any atom is 0.206 e. The van der Waals surface area contributed by atoms with Gasteiger partial charge in [0.25, 0.3) is 0 Å². The SMILES string of the molecule is C(=Nn1c(-c2ccco2)csc1=NCCc1ccccc1)c1ccccn1. The minimum absolute atomic E-state index is 0.696. The first-order valence-corrected chi connectivity index (χ1v) is 9.52. The van der Waals surface area contributed by atoms with E-state index < -0.39 is 0 Å². The van der Waals surface area contributed by atoms with E-state index in [-0.39, 0.29) is 0 Å². The normalized spacial score (nSPS) is 12.1. The standard InChI is InChI=1S/C21H18N4OS/c1-2-7-17(8-3-1)11-13-23-21-25(24-15-18-9-4-5-12-22-18)19(16-27-21)20-10-6-14-26-20/h1-10,12,14-16H,11,13H2. The molecule has 0 aliphatic heterocycles. The van der Waals surface area contributed by atoms with Gasteiger partial charge in [0, 0.05) is 18.1 Å². The number of hydrogen-bond acceptors (Lipinski definition) is 5. The molecule has 4 aromatic rings. The highest BCUT2D eigenvalue weighted by molar-refractivity contribution is 7.07. The van der Waals surface area contributed by atoms with Crippen LogP contribution in [0, 0.1) is 0 Å². The van der Waals surface area contributed by atoms with Crippen LogP contribution in [0.2, 0.25) is 0 Å². The summed E-state index contributed by atoms with van der Waals surface area (Å²) < 4.78 is 7.36. The Morgan fingerprint density at radius 2 is 1.93 bits per heavy atom. The number of thiazole rings is 1. The molecule has 0 radical (unpaired) electrons. The molecule has 0 N–H and O–H groups in total. The quantitative estimate of drug-likeness (QED) is 0.474. The second kappa shape index (κ2) is 8.42. The van der Waals surface area contributed by atoms with Crippen molar-refractivity contribution in [1.82, 2.24) is 9.66 Å². The molecular formula is C21H18N4OS. The molecule has 0 aliphatic carbocycles. The first-order chi connectivity index (χ1) is 13.4. The third-order valence-corrected chi connectivity index (χ3v) is 4.80. The van der Waals surface area contributed by atoms with Gasteiger partial charge in [0.2, 0.25) is 4.80 Å². The van der Waals surface area contributed by atoms with Gasteiger partial charge in [-0.3, -0.25) is 9.98 Å². The lowest BCUT2D eigenvalue weighted by atomic mass is 10.2. The minimum Gasteiger partial charge on any atom is -0.463 e. The predicted molar refractivity (Wildman–Crippen MR) is 108 cm³/mol. The summed E-state index contributed by atoms with van der Waals surface area (Å²) in [5.74, 6) is 0.758. The van der Waals surface area contributed by atoms with E-state index in [1.165, 1.54) is 5.56 Å². The van der Waals surface area contributed by atoms with Crippen molar-refractivity contribution >= 4 is 17.6 Å². The van der Waals surface area contributed by atoms with Crippen LogP contribution in [0.25, 0.3) is 11.5 Å². The van der Waals surface area contributed by atoms with Gasteiger partial charge >= 0.3 is 0 Å². The Kier molecular flexibility index (Phi) is 5.36. The molecule has 27 heavy (non-hydrogen) atoms. The Bertz CT molecular complexity index is 1060. The molecular weight excluding hydrogens is 356 g/mol. The van der Waals surface area contributed by atoms with Crippen LogP contribution in [0.3, 0.4) is 0 Å². The second-order valence-corrected chi connectivity index (χ2v) is 6.65. The first-order valence-electron chi connectivity index (χ1n) is 8.64. The Morgan fingerprint density at radius 1 is 1.04 bits per heavy atom. The molecule has 1 aromatic carbocycles. The van der Waals surface area contributed by atoms with Crippen LogP contribution in [0.1, 0.15) is 11.3 Å². The van der Waals surface area contributed by atoms with E-state index in [0.29, 0.717) is 6.54 Å². The fourth-order valence-electron chi connectivity index (χ4n) is 2.61. The van der Waals surface area contributed by atoms with Gasteiger partial charge in [-0.05, 0) is 36.2 Å². The number of benzene rings is 1. The maximum absolute atomic E-state index is 5.55. The molecule has 0 fully saturated rings. The van der Waals surface area contributed by atoms with Crippen molar-refractivity contribution < 1.29 is 4.42 Å². The zero-order chi connectivity index (χ0) is 18.3. The molecule has 3 aromatic heterocycles. The average molecular weight is 374 g/mol.